The second kappa shape index (κ2) is 11.1. The van der Waals surface area contributed by atoms with Crippen LogP contribution in [0.5, 0.6) is 5.75 Å². The summed E-state index contributed by atoms with van der Waals surface area (Å²) in [6.07, 6.45) is 2.47. The fourth-order valence-corrected chi connectivity index (χ4v) is 4.56. The van der Waals surface area contributed by atoms with Gasteiger partial charge in [-0.2, -0.15) is 13.2 Å². The van der Waals surface area contributed by atoms with Gasteiger partial charge in [-0.25, -0.2) is 0 Å². The van der Waals surface area contributed by atoms with Crippen LogP contribution < -0.4 is 15.4 Å². The minimum Gasteiger partial charge on any atom is -0.497 e. The van der Waals surface area contributed by atoms with E-state index < -0.39 is 17.6 Å². The van der Waals surface area contributed by atoms with Gasteiger partial charge in [-0.15, -0.1) is 0 Å². The molecule has 1 heterocycles. The number of ether oxygens (including phenoxy) is 1. The predicted molar refractivity (Wildman–Crippen MR) is 119 cm³/mol. The van der Waals surface area contributed by atoms with Crippen LogP contribution in [0.2, 0.25) is 0 Å². The molecule has 8 heteroatoms. The average molecular weight is 454 g/mol. The van der Waals surface area contributed by atoms with Crippen molar-refractivity contribution in [2.24, 2.45) is 11.8 Å². The van der Waals surface area contributed by atoms with Crippen LogP contribution in [0, 0.1) is 11.8 Å². The number of hydrogen-bond acceptors (Lipinski definition) is 4. The van der Waals surface area contributed by atoms with E-state index in [1.807, 2.05) is 0 Å². The van der Waals surface area contributed by atoms with Crippen molar-refractivity contribution in [1.29, 1.82) is 0 Å². The Morgan fingerprint density at radius 2 is 1.81 bits per heavy atom. The molecule has 3 rings (SSSR count). The fraction of sp³-hybridized carbons (Fsp3) is 0.625. The van der Waals surface area contributed by atoms with E-state index in [2.05, 4.69) is 22.1 Å². The van der Waals surface area contributed by atoms with Crippen molar-refractivity contribution in [3.63, 3.8) is 0 Å². The minimum absolute atomic E-state index is 0.0162. The van der Waals surface area contributed by atoms with Crippen LogP contribution in [0.1, 0.15) is 54.4 Å². The SMILES string of the molecule is C=C(NCCN1CCC(CNC(=O)c2cc(OC)cc(C(F)(F)F)c2)CC1)C1CCCC1. The molecular weight excluding hydrogens is 419 g/mol. The Bertz CT molecular complexity index is 783. The fourth-order valence-electron chi connectivity index (χ4n) is 4.56. The van der Waals surface area contributed by atoms with Gasteiger partial charge in [0.05, 0.1) is 12.7 Å². The number of rotatable bonds is 9. The highest BCUT2D eigenvalue weighted by atomic mass is 19.4. The molecule has 1 aliphatic heterocycles. The van der Waals surface area contributed by atoms with E-state index in [-0.39, 0.29) is 11.3 Å². The lowest BCUT2D eigenvalue weighted by molar-refractivity contribution is -0.137. The summed E-state index contributed by atoms with van der Waals surface area (Å²) in [4.78, 5) is 14.9. The highest BCUT2D eigenvalue weighted by Crippen LogP contribution is 2.32. The normalized spacial score (nSPS) is 18.5. The quantitative estimate of drug-likeness (QED) is 0.580. The van der Waals surface area contributed by atoms with Gasteiger partial charge in [0.2, 0.25) is 0 Å². The molecule has 1 aromatic carbocycles. The van der Waals surface area contributed by atoms with Gasteiger partial charge < -0.3 is 20.3 Å². The molecule has 1 aliphatic carbocycles. The Labute approximate surface area is 188 Å². The average Bonchev–Trinajstić information content (AvgIpc) is 3.32. The van der Waals surface area contributed by atoms with E-state index in [1.165, 1.54) is 44.6 Å². The Kier molecular flexibility index (Phi) is 8.45. The first-order valence-electron chi connectivity index (χ1n) is 11.5. The molecule has 2 aliphatic rings. The summed E-state index contributed by atoms with van der Waals surface area (Å²) in [7, 11) is 1.28. The van der Waals surface area contributed by atoms with Crippen molar-refractivity contribution in [2.75, 3.05) is 39.8 Å². The number of carbonyl (C=O) groups is 1. The lowest BCUT2D eigenvalue weighted by atomic mass is 9.96. The maximum Gasteiger partial charge on any atom is 0.416 e. The summed E-state index contributed by atoms with van der Waals surface area (Å²) in [5.41, 5.74) is 0.244. The zero-order valence-electron chi connectivity index (χ0n) is 18.8. The van der Waals surface area contributed by atoms with Crippen LogP contribution in [0.15, 0.2) is 30.5 Å². The molecule has 0 spiro atoms. The standard InChI is InChI=1S/C24H34F3N3O2/c1-17(19-5-3-4-6-19)28-9-12-30-10-7-18(8-11-30)16-29-23(31)20-13-21(24(25,26)27)15-22(14-20)32-2/h13-15,18-19,28H,1,3-12,16H2,2H3,(H,29,31). The van der Waals surface area contributed by atoms with Crippen LogP contribution in [-0.2, 0) is 6.18 Å². The molecule has 2 fully saturated rings. The molecule has 32 heavy (non-hydrogen) atoms. The first-order chi connectivity index (χ1) is 15.3. The van der Waals surface area contributed by atoms with Crippen LogP contribution in [0.4, 0.5) is 13.2 Å². The number of allylic oxidation sites excluding steroid dienone is 1. The molecule has 0 atom stereocenters. The Morgan fingerprint density at radius 1 is 1.12 bits per heavy atom. The lowest BCUT2D eigenvalue weighted by Crippen LogP contribution is -2.41. The Balaban J connectivity index is 1.39. The van der Waals surface area contributed by atoms with Gasteiger partial charge in [0.15, 0.2) is 0 Å². The number of amides is 1. The molecule has 2 N–H and O–H groups in total. The van der Waals surface area contributed by atoms with Crippen molar-refractivity contribution in [2.45, 2.75) is 44.7 Å². The topological polar surface area (TPSA) is 53.6 Å². The lowest BCUT2D eigenvalue weighted by Gasteiger charge is -2.32. The van der Waals surface area contributed by atoms with Gasteiger partial charge >= 0.3 is 6.18 Å². The second-order valence-corrected chi connectivity index (χ2v) is 8.88. The van der Waals surface area contributed by atoms with Crippen molar-refractivity contribution < 1.29 is 22.7 Å². The number of alkyl halides is 3. The highest BCUT2D eigenvalue weighted by Gasteiger charge is 2.32. The molecule has 178 valence electrons. The van der Waals surface area contributed by atoms with Gasteiger partial charge in [0, 0.05) is 30.9 Å². The predicted octanol–water partition coefficient (Wildman–Crippen LogP) is 4.45. The van der Waals surface area contributed by atoms with E-state index >= 15 is 0 Å². The smallest absolute Gasteiger partial charge is 0.416 e. The van der Waals surface area contributed by atoms with E-state index in [4.69, 9.17) is 4.74 Å². The number of piperidine rings is 1. The van der Waals surface area contributed by atoms with Gasteiger partial charge in [-0.05, 0) is 68.8 Å². The molecular formula is C24H34F3N3O2. The molecule has 5 nitrogen and oxygen atoms in total. The molecule has 0 radical (unpaired) electrons. The van der Waals surface area contributed by atoms with Crippen LogP contribution in [0.3, 0.4) is 0 Å². The largest absolute Gasteiger partial charge is 0.497 e. The number of nitrogens with one attached hydrogen (secondary N) is 2. The van der Waals surface area contributed by atoms with Crippen molar-refractivity contribution in [3.05, 3.63) is 41.6 Å². The number of hydrogen-bond donors (Lipinski definition) is 2. The molecule has 0 aromatic heterocycles. The molecule has 1 saturated heterocycles. The summed E-state index contributed by atoms with van der Waals surface area (Å²) in [6, 6.07) is 3.09. The molecule has 1 amide bonds. The maximum absolute atomic E-state index is 13.1. The van der Waals surface area contributed by atoms with Crippen LogP contribution in [0.25, 0.3) is 0 Å². The summed E-state index contributed by atoms with van der Waals surface area (Å²) in [5.74, 6) is 0.458. The van der Waals surface area contributed by atoms with Crippen molar-refractivity contribution >= 4 is 5.91 Å². The zero-order chi connectivity index (χ0) is 23.1. The summed E-state index contributed by atoms with van der Waals surface area (Å²) in [6.45, 7) is 8.42. The number of halogens is 3. The molecule has 1 saturated carbocycles. The number of benzene rings is 1. The van der Waals surface area contributed by atoms with E-state index in [0.717, 1.165) is 51.2 Å². The zero-order valence-corrected chi connectivity index (χ0v) is 18.8. The van der Waals surface area contributed by atoms with Crippen LogP contribution >= 0.6 is 0 Å². The third-order valence-corrected chi connectivity index (χ3v) is 6.62. The molecule has 0 unspecified atom stereocenters. The first-order valence-corrected chi connectivity index (χ1v) is 11.5. The van der Waals surface area contributed by atoms with Crippen LogP contribution in [-0.4, -0.2) is 50.6 Å². The number of methoxy groups -OCH3 is 1. The van der Waals surface area contributed by atoms with Gasteiger partial charge in [0.25, 0.3) is 5.91 Å². The van der Waals surface area contributed by atoms with Crippen molar-refractivity contribution in [1.82, 2.24) is 15.5 Å². The van der Waals surface area contributed by atoms with E-state index in [1.54, 1.807) is 0 Å². The van der Waals surface area contributed by atoms with E-state index in [0.29, 0.717) is 18.4 Å². The number of carbonyl (C=O) groups excluding carboxylic acids is 1. The molecule has 0 bridgehead atoms. The Hall–Kier alpha value is -2.22. The van der Waals surface area contributed by atoms with Gasteiger partial charge in [-0.1, -0.05) is 19.4 Å². The summed E-state index contributed by atoms with van der Waals surface area (Å²) in [5, 5.41) is 6.28. The number of likely N-dealkylation sites (tertiary alicyclic amines) is 1. The second-order valence-electron chi connectivity index (χ2n) is 8.88. The van der Waals surface area contributed by atoms with Crippen molar-refractivity contribution in [3.8, 4) is 5.75 Å². The first kappa shape index (κ1) is 24.4. The van der Waals surface area contributed by atoms with Gasteiger partial charge in [-0.3, -0.25) is 4.79 Å². The van der Waals surface area contributed by atoms with Gasteiger partial charge in [0.1, 0.15) is 5.75 Å². The third kappa shape index (κ3) is 6.89. The summed E-state index contributed by atoms with van der Waals surface area (Å²) < 4.78 is 44.1. The summed E-state index contributed by atoms with van der Waals surface area (Å²) >= 11 is 0. The molecule has 1 aromatic rings. The number of nitrogens with zero attached hydrogens (tertiary/aromatic N) is 1. The monoisotopic (exact) mass is 453 g/mol. The van der Waals surface area contributed by atoms with E-state index in [9.17, 15) is 18.0 Å². The third-order valence-electron chi connectivity index (χ3n) is 6.62. The maximum atomic E-state index is 13.1. The highest BCUT2D eigenvalue weighted by molar-refractivity contribution is 5.94. The Morgan fingerprint density at radius 3 is 2.44 bits per heavy atom. The minimum atomic E-state index is -4.53.